The van der Waals surface area contributed by atoms with Gasteiger partial charge >= 0.3 is 6.09 Å². The molecule has 20 heavy (non-hydrogen) atoms. The number of nitrogens with zero attached hydrogens (tertiary/aromatic N) is 3. The maximum Gasteiger partial charge on any atom is 0.412 e. The highest BCUT2D eigenvalue weighted by molar-refractivity contribution is 5.85. The van der Waals surface area contributed by atoms with E-state index in [-0.39, 0.29) is 0 Å². The van der Waals surface area contributed by atoms with Gasteiger partial charge in [0.05, 0.1) is 0 Å². The predicted molar refractivity (Wildman–Crippen MR) is 79.3 cm³/mol. The van der Waals surface area contributed by atoms with Crippen LogP contribution >= 0.6 is 0 Å². The largest absolute Gasteiger partial charge is 0.444 e. The molecule has 6 heteroatoms. The van der Waals surface area contributed by atoms with Crippen molar-refractivity contribution in [3.05, 3.63) is 46.3 Å². The number of amides is 1. The zero-order valence-corrected chi connectivity index (χ0v) is 11.8. The normalized spacial score (nSPS) is 10.9. The van der Waals surface area contributed by atoms with Gasteiger partial charge in [-0.05, 0) is 44.0 Å². The minimum atomic E-state index is -0.531. The number of hydrogen-bond donors (Lipinski definition) is 1. The molecule has 1 aromatic carbocycles. The van der Waals surface area contributed by atoms with E-state index in [0.29, 0.717) is 12.2 Å². The molecule has 0 fully saturated rings. The molecule has 0 saturated heterocycles. The summed E-state index contributed by atoms with van der Waals surface area (Å²) in [6.07, 6.45) is 3.06. The summed E-state index contributed by atoms with van der Waals surface area (Å²) in [6.45, 7) is 5.71. The molecule has 1 aromatic rings. The third kappa shape index (κ3) is 6.47. The standard InChI is InChI=1S/C14H18N4O2/c1-14(2,3)20-13(19)17-12-8-4-6-11(10-12)7-5-9-16-18-15/h4-8,10H,9H2,1-3H3,(H,17,19). The molecule has 0 atom stereocenters. The van der Waals surface area contributed by atoms with Crippen molar-refractivity contribution in [3.63, 3.8) is 0 Å². The quantitative estimate of drug-likeness (QED) is 0.502. The van der Waals surface area contributed by atoms with Crippen molar-refractivity contribution in [2.24, 2.45) is 5.11 Å². The Balaban J connectivity index is 2.66. The van der Waals surface area contributed by atoms with Crippen molar-refractivity contribution in [1.82, 2.24) is 0 Å². The molecule has 0 aliphatic carbocycles. The summed E-state index contributed by atoms with van der Waals surface area (Å²) in [4.78, 5) is 14.3. The van der Waals surface area contributed by atoms with Crippen LogP contribution in [0.5, 0.6) is 0 Å². The molecule has 0 aliphatic rings. The first-order chi connectivity index (χ1) is 9.40. The fraction of sp³-hybridized carbons (Fsp3) is 0.357. The summed E-state index contributed by atoms with van der Waals surface area (Å²) in [5, 5.41) is 6.07. The summed E-state index contributed by atoms with van der Waals surface area (Å²) in [6, 6.07) is 7.28. The van der Waals surface area contributed by atoms with Gasteiger partial charge in [-0.1, -0.05) is 29.4 Å². The van der Waals surface area contributed by atoms with Crippen LogP contribution in [0.25, 0.3) is 16.5 Å². The van der Waals surface area contributed by atoms with Gasteiger partial charge in [-0.25, -0.2) is 4.79 Å². The number of ether oxygens (including phenoxy) is 1. The smallest absolute Gasteiger partial charge is 0.412 e. The molecule has 0 heterocycles. The van der Waals surface area contributed by atoms with Crippen LogP contribution in [0.15, 0.2) is 35.5 Å². The molecule has 1 amide bonds. The first-order valence-electron chi connectivity index (χ1n) is 6.18. The Kier molecular flexibility index (Phi) is 5.62. The Labute approximate surface area is 118 Å². The number of rotatable bonds is 4. The zero-order chi connectivity index (χ0) is 15.0. The fourth-order valence-electron chi connectivity index (χ4n) is 1.41. The summed E-state index contributed by atoms with van der Waals surface area (Å²) in [5.41, 5.74) is 9.17. The van der Waals surface area contributed by atoms with E-state index in [9.17, 15) is 4.79 Å². The van der Waals surface area contributed by atoms with Gasteiger partial charge in [-0.15, -0.1) is 0 Å². The summed E-state index contributed by atoms with van der Waals surface area (Å²) in [5.74, 6) is 0. The van der Waals surface area contributed by atoms with Gasteiger partial charge in [0.15, 0.2) is 0 Å². The average Bonchev–Trinajstić information content (AvgIpc) is 2.32. The fourth-order valence-corrected chi connectivity index (χ4v) is 1.41. The lowest BCUT2D eigenvalue weighted by Gasteiger charge is -2.19. The maximum absolute atomic E-state index is 11.6. The molecule has 0 spiro atoms. The van der Waals surface area contributed by atoms with Crippen LogP contribution in [0.1, 0.15) is 26.3 Å². The summed E-state index contributed by atoms with van der Waals surface area (Å²) in [7, 11) is 0. The van der Waals surface area contributed by atoms with Crippen molar-refractivity contribution < 1.29 is 9.53 Å². The van der Waals surface area contributed by atoms with E-state index < -0.39 is 11.7 Å². The minimum Gasteiger partial charge on any atom is -0.444 e. The molecule has 0 aromatic heterocycles. The first kappa shape index (κ1) is 15.6. The van der Waals surface area contributed by atoms with E-state index in [1.807, 2.05) is 18.2 Å². The molecule has 6 nitrogen and oxygen atoms in total. The zero-order valence-electron chi connectivity index (χ0n) is 11.8. The lowest BCUT2D eigenvalue weighted by atomic mass is 10.2. The lowest BCUT2D eigenvalue weighted by Crippen LogP contribution is -2.27. The number of carbonyl (C=O) groups excluding carboxylic acids is 1. The average molecular weight is 274 g/mol. The van der Waals surface area contributed by atoms with Crippen molar-refractivity contribution in [2.75, 3.05) is 11.9 Å². The van der Waals surface area contributed by atoms with E-state index in [0.717, 1.165) is 5.56 Å². The van der Waals surface area contributed by atoms with Gasteiger partial charge in [-0.2, -0.15) is 0 Å². The molecule has 0 radical (unpaired) electrons. The van der Waals surface area contributed by atoms with E-state index in [1.165, 1.54) is 0 Å². The van der Waals surface area contributed by atoms with E-state index >= 15 is 0 Å². The highest BCUT2D eigenvalue weighted by Crippen LogP contribution is 2.14. The first-order valence-corrected chi connectivity index (χ1v) is 6.18. The van der Waals surface area contributed by atoms with Gasteiger partial charge in [0.25, 0.3) is 0 Å². The monoisotopic (exact) mass is 274 g/mol. The number of benzene rings is 1. The number of azide groups is 1. The van der Waals surface area contributed by atoms with Gasteiger partial charge in [-0.3, -0.25) is 5.32 Å². The minimum absolute atomic E-state index is 0.292. The highest BCUT2D eigenvalue weighted by Gasteiger charge is 2.15. The number of nitrogens with one attached hydrogen (secondary N) is 1. The number of anilines is 1. The molecule has 106 valence electrons. The van der Waals surface area contributed by atoms with E-state index in [2.05, 4.69) is 15.3 Å². The second-order valence-corrected chi connectivity index (χ2v) is 5.07. The molecule has 1 N–H and O–H groups in total. The molecule has 0 aliphatic heterocycles. The Morgan fingerprint density at radius 3 is 2.90 bits per heavy atom. The van der Waals surface area contributed by atoms with Gasteiger partial charge in [0, 0.05) is 17.1 Å². The Morgan fingerprint density at radius 1 is 1.50 bits per heavy atom. The van der Waals surface area contributed by atoms with Crippen LogP contribution in [-0.4, -0.2) is 18.2 Å². The number of carbonyl (C=O) groups is 1. The second kappa shape index (κ2) is 7.21. The maximum atomic E-state index is 11.6. The van der Waals surface area contributed by atoms with Gasteiger partial charge in [0.2, 0.25) is 0 Å². The van der Waals surface area contributed by atoms with Crippen LogP contribution < -0.4 is 5.32 Å². The molecule has 0 saturated carbocycles. The third-order valence-corrected chi connectivity index (χ3v) is 2.09. The second-order valence-electron chi connectivity index (χ2n) is 5.07. The SMILES string of the molecule is CC(C)(C)OC(=O)Nc1cccc(C=CCN=[N+]=[N-])c1. The van der Waals surface area contributed by atoms with Crippen molar-refractivity contribution in [2.45, 2.75) is 26.4 Å². The van der Waals surface area contributed by atoms with Crippen LogP contribution in [0, 0.1) is 0 Å². The summed E-state index contributed by atoms with van der Waals surface area (Å²) < 4.78 is 5.17. The number of hydrogen-bond acceptors (Lipinski definition) is 3. The molecule has 1 rings (SSSR count). The Hall–Kier alpha value is -2.46. The summed E-state index contributed by atoms with van der Waals surface area (Å²) >= 11 is 0. The third-order valence-electron chi connectivity index (χ3n) is 2.09. The molecule has 0 bridgehead atoms. The Morgan fingerprint density at radius 2 is 2.25 bits per heavy atom. The van der Waals surface area contributed by atoms with E-state index in [4.69, 9.17) is 10.3 Å². The van der Waals surface area contributed by atoms with Crippen LogP contribution in [0.4, 0.5) is 10.5 Å². The molecule has 0 unspecified atom stereocenters. The van der Waals surface area contributed by atoms with Crippen molar-refractivity contribution >= 4 is 17.9 Å². The van der Waals surface area contributed by atoms with Gasteiger partial charge in [0.1, 0.15) is 5.60 Å². The van der Waals surface area contributed by atoms with Crippen LogP contribution in [-0.2, 0) is 4.74 Å². The van der Waals surface area contributed by atoms with Crippen molar-refractivity contribution in [3.8, 4) is 0 Å². The lowest BCUT2D eigenvalue weighted by molar-refractivity contribution is 0.0636. The van der Waals surface area contributed by atoms with Crippen LogP contribution in [0.2, 0.25) is 0 Å². The van der Waals surface area contributed by atoms with Gasteiger partial charge < -0.3 is 4.74 Å². The molecular weight excluding hydrogens is 256 g/mol. The topological polar surface area (TPSA) is 87.1 Å². The highest BCUT2D eigenvalue weighted by atomic mass is 16.6. The predicted octanol–water partition coefficient (Wildman–Crippen LogP) is 4.36. The van der Waals surface area contributed by atoms with E-state index in [1.54, 1.807) is 39.0 Å². The molecular formula is C14H18N4O2. The Bertz CT molecular complexity index is 540. The van der Waals surface area contributed by atoms with Crippen LogP contribution in [0.3, 0.4) is 0 Å². The van der Waals surface area contributed by atoms with Crippen molar-refractivity contribution in [1.29, 1.82) is 0 Å².